The molecule has 0 aliphatic heterocycles. The highest BCUT2D eigenvalue weighted by molar-refractivity contribution is 6.30. The Balaban J connectivity index is 0.000000245. The van der Waals surface area contributed by atoms with Crippen molar-refractivity contribution in [2.24, 2.45) is 0 Å². The van der Waals surface area contributed by atoms with E-state index in [0.29, 0.717) is 0 Å². The van der Waals surface area contributed by atoms with Crippen molar-refractivity contribution >= 4 is 36.1 Å². The third-order valence-electron chi connectivity index (χ3n) is 4.11. The minimum absolute atomic E-state index is 0.749. The second-order valence-corrected chi connectivity index (χ2v) is 6.75. The molecule has 0 aliphatic carbocycles. The van der Waals surface area contributed by atoms with Crippen LogP contribution in [0.15, 0.2) is 91.0 Å². The summed E-state index contributed by atoms with van der Waals surface area (Å²) in [5.74, 6) is 1.66. The van der Waals surface area contributed by atoms with Gasteiger partial charge in [-0.25, -0.2) is 0 Å². The Morgan fingerprint density at radius 1 is 0.645 bits per heavy atom. The molecule has 31 heavy (non-hydrogen) atoms. The van der Waals surface area contributed by atoms with Crippen LogP contribution in [0.25, 0.3) is 18.2 Å². The normalized spacial score (nSPS) is 10.8. The quantitative estimate of drug-likeness (QED) is 0.229. The first-order valence-corrected chi connectivity index (χ1v) is 10.0. The van der Waals surface area contributed by atoms with E-state index in [4.69, 9.17) is 21.1 Å². The van der Waals surface area contributed by atoms with E-state index >= 15 is 0 Å². The fourth-order valence-electron chi connectivity index (χ4n) is 2.55. The van der Waals surface area contributed by atoms with Gasteiger partial charge in [0.15, 0.2) is 0 Å². The first-order valence-electron chi connectivity index (χ1n) is 9.65. The summed E-state index contributed by atoms with van der Waals surface area (Å²) in [4.78, 5) is 10.0. The number of hydrogen-bond donors (Lipinski definition) is 0. The molecule has 0 aromatic heterocycles. The van der Waals surface area contributed by atoms with Crippen LogP contribution in [0.4, 0.5) is 0 Å². The monoisotopic (exact) mass is 432 g/mol. The highest BCUT2D eigenvalue weighted by Crippen LogP contribution is 2.15. The van der Waals surface area contributed by atoms with Crippen LogP contribution in [0.2, 0.25) is 5.02 Å². The maximum Gasteiger partial charge on any atom is 0.142 e. The van der Waals surface area contributed by atoms with Crippen LogP contribution in [0, 0.1) is 0 Å². The van der Waals surface area contributed by atoms with E-state index in [-0.39, 0.29) is 0 Å². The minimum Gasteiger partial charge on any atom is -0.497 e. The van der Waals surface area contributed by atoms with Crippen molar-refractivity contribution in [3.05, 3.63) is 113 Å². The Hall–Kier alpha value is -3.56. The third-order valence-corrected chi connectivity index (χ3v) is 4.37. The number of carbonyl (C=O) groups excluding carboxylic acids is 1. The van der Waals surface area contributed by atoms with Crippen molar-refractivity contribution in [1.82, 2.24) is 0 Å². The lowest BCUT2D eigenvalue weighted by Gasteiger charge is -1.99. The molecule has 3 nitrogen and oxygen atoms in total. The smallest absolute Gasteiger partial charge is 0.142 e. The second-order valence-electron chi connectivity index (χ2n) is 6.32. The number of benzene rings is 3. The van der Waals surface area contributed by atoms with Gasteiger partial charge in [-0.1, -0.05) is 78.4 Å². The summed E-state index contributed by atoms with van der Waals surface area (Å²) in [7, 11) is 3.28. The molecular formula is C27H25ClO3. The van der Waals surface area contributed by atoms with Gasteiger partial charge in [0.2, 0.25) is 0 Å². The van der Waals surface area contributed by atoms with E-state index < -0.39 is 0 Å². The fourth-order valence-corrected chi connectivity index (χ4v) is 2.67. The van der Waals surface area contributed by atoms with E-state index in [0.717, 1.165) is 39.5 Å². The first-order chi connectivity index (χ1) is 15.1. The molecule has 0 radical (unpaired) electrons. The molecule has 0 spiro atoms. The highest BCUT2D eigenvalue weighted by atomic mass is 35.5. The summed E-state index contributed by atoms with van der Waals surface area (Å²) < 4.78 is 10.2. The summed E-state index contributed by atoms with van der Waals surface area (Å²) >= 11 is 5.83. The predicted octanol–water partition coefficient (Wildman–Crippen LogP) is 6.98. The van der Waals surface area contributed by atoms with Crippen LogP contribution in [0.1, 0.15) is 16.7 Å². The molecular weight excluding hydrogens is 408 g/mol. The Labute approximate surface area is 188 Å². The largest absolute Gasteiger partial charge is 0.497 e. The molecule has 4 heteroatoms. The van der Waals surface area contributed by atoms with Crippen molar-refractivity contribution in [2.75, 3.05) is 14.2 Å². The molecule has 0 atom stereocenters. The van der Waals surface area contributed by atoms with E-state index in [1.54, 1.807) is 20.3 Å². The SMILES string of the molecule is COc1cccc(/C=C/C=C/c2ccc(Cl)cc2)c1.COc1cccc(/C=C/C=O)c1. The number of carbonyl (C=O) groups is 1. The van der Waals surface area contributed by atoms with Gasteiger partial charge in [0.05, 0.1) is 14.2 Å². The summed E-state index contributed by atoms with van der Waals surface area (Å²) in [6.07, 6.45) is 12.0. The third kappa shape index (κ3) is 9.20. The first kappa shape index (κ1) is 23.7. The van der Waals surface area contributed by atoms with E-state index in [1.165, 1.54) is 6.08 Å². The van der Waals surface area contributed by atoms with Crippen molar-refractivity contribution in [3.8, 4) is 11.5 Å². The van der Waals surface area contributed by atoms with Gasteiger partial charge in [0.1, 0.15) is 17.8 Å². The van der Waals surface area contributed by atoms with Gasteiger partial charge in [-0.3, -0.25) is 4.79 Å². The van der Waals surface area contributed by atoms with Crippen molar-refractivity contribution in [1.29, 1.82) is 0 Å². The molecule has 0 aliphatic rings. The highest BCUT2D eigenvalue weighted by Gasteiger charge is 1.91. The number of aldehydes is 1. The zero-order valence-corrected chi connectivity index (χ0v) is 18.3. The topological polar surface area (TPSA) is 35.5 Å². The number of allylic oxidation sites excluding steroid dienone is 3. The average Bonchev–Trinajstić information content (AvgIpc) is 2.82. The van der Waals surface area contributed by atoms with Crippen LogP contribution in [-0.2, 0) is 4.79 Å². The Morgan fingerprint density at radius 3 is 1.61 bits per heavy atom. The second kappa shape index (κ2) is 13.6. The summed E-state index contributed by atoms with van der Waals surface area (Å²) in [6.45, 7) is 0. The molecule has 158 valence electrons. The zero-order chi connectivity index (χ0) is 22.3. The molecule has 0 amide bonds. The van der Waals surface area contributed by atoms with Gasteiger partial charge >= 0.3 is 0 Å². The molecule has 0 saturated carbocycles. The Morgan fingerprint density at radius 2 is 1.13 bits per heavy atom. The van der Waals surface area contributed by atoms with Gasteiger partial charge in [-0.15, -0.1) is 0 Å². The molecule has 0 fully saturated rings. The maximum absolute atomic E-state index is 10.0. The van der Waals surface area contributed by atoms with Crippen LogP contribution in [0.3, 0.4) is 0 Å². The summed E-state index contributed by atoms with van der Waals surface area (Å²) in [5.41, 5.74) is 3.20. The standard InChI is InChI=1S/C17H15ClO.C10H10O2/c1-19-17-8-4-7-15(13-17)6-3-2-5-14-9-11-16(18)12-10-14;1-12-10-6-2-4-9(8-10)5-3-7-11/h2-13H,1H3;2-8H,1H3/b5-2+,6-3+;5-3+. The molecule has 3 aromatic carbocycles. The molecule has 0 bridgehead atoms. The Bertz CT molecular complexity index is 1030. The Kier molecular flexibility index (Phi) is 10.4. The molecule has 3 aromatic rings. The number of hydrogen-bond acceptors (Lipinski definition) is 3. The van der Waals surface area contributed by atoms with Gasteiger partial charge in [-0.05, 0) is 59.2 Å². The van der Waals surface area contributed by atoms with Crippen LogP contribution >= 0.6 is 11.6 Å². The minimum atomic E-state index is 0.749. The van der Waals surface area contributed by atoms with E-state index in [1.807, 2.05) is 97.1 Å². The molecule has 0 N–H and O–H groups in total. The average molecular weight is 433 g/mol. The van der Waals surface area contributed by atoms with Crippen LogP contribution in [-0.4, -0.2) is 20.5 Å². The fraction of sp³-hybridized carbons (Fsp3) is 0.0741. The molecule has 0 heterocycles. The maximum atomic E-state index is 10.0. The summed E-state index contributed by atoms with van der Waals surface area (Å²) in [6, 6.07) is 23.2. The van der Waals surface area contributed by atoms with Crippen molar-refractivity contribution in [2.45, 2.75) is 0 Å². The number of methoxy groups -OCH3 is 2. The van der Waals surface area contributed by atoms with Crippen molar-refractivity contribution < 1.29 is 14.3 Å². The van der Waals surface area contributed by atoms with E-state index in [9.17, 15) is 4.79 Å². The van der Waals surface area contributed by atoms with Crippen molar-refractivity contribution in [3.63, 3.8) is 0 Å². The van der Waals surface area contributed by atoms with Gasteiger partial charge in [0, 0.05) is 5.02 Å². The van der Waals surface area contributed by atoms with Gasteiger partial charge in [0.25, 0.3) is 0 Å². The van der Waals surface area contributed by atoms with Crippen LogP contribution < -0.4 is 9.47 Å². The number of ether oxygens (including phenoxy) is 2. The summed E-state index contributed by atoms with van der Waals surface area (Å²) in [5, 5.41) is 0.754. The van der Waals surface area contributed by atoms with Gasteiger partial charge in [-0.2, -0.15) is 0 Å². The molecule has 0 saturated heterocycles. The van der Waals surface area contributed by atoms with E-state index in [2.05, 4.69) is 0 Å². The van der Waals surface area contributed by atoms with Gasteiger partial charge < -0.3 is 9.47 Å². The predicted molar refractivity (Wildman–Crippen MR) is 131 cm³/mol. The number of halogens is 1. The number of rotatable bonds is 7. The molecule has 3 rings (SSSR count). The lowest BCUT2D eigenvalue weighted by Crippen LogP contribution is -1.82. The zero-order valence-electron chi connectivity index (χ0n) is 17.6. The molecule has 0 unspecified atom stereocenters. The van der Waals surface area contributed by atoms with Crippen LogP contribution in [0.5, 0.6) is 11.5 Å². The lowest BCUT2D eigenvalue weighted by atomic mass is 10.2. The lowest BCUT2D eigenvalue weighted by molar-refractivity contribution is -0.104.